The molecule has 1 unspecified atom stereocenters. The molecule has 1 aliphatic rings. The second kappa shape index (κ2) is 6.95. The molecule has 2 rings (SSSR count). The average molecular weight is 303 g/mol. The monoisotopic (exact) mass is 303 g/mol. The van der Waals surface area contributed by atoms with Crippen molar-refractivity contribution in [2.45, 2.75) is 46.6 Å². The van der Waals surface area contributed by atoms with Gasteiger partial charge in [-0.15, -0.1) is 0 Å². The molecule has 1 atom stereocenters. The fourth-order valence-corrected chi connectivity index (χ4v) is 2.48. The zero-order valence-corrected chi connectivity index (χ0v) is 13.9. The fourth-order valence-electron chi connectivity index (χ4n) is 2.48. The second-order valence-corrected chi connectivity index (χ2v) is 6.14. The van der Waals surface area contributed by atoms with E-state index in [0.717, 1.165) is 18.4 Å². The van der Waals surface area contributed by atoms with Crippen LogP contribution in [0.4, 0.5) is 0 Å². The number of hydrogen-bond acceptors (Lipinski definition) is 3. The summed E-state index contributed by atoms with van der Waals surface area (Å²) in [5, 5.41) is 0. The topological polar surface area (TPSA) is 46.6 Å². The molecular formula is C18H25NO3. The van der Waals surface area contributed by atoms with Crippen LogP contribution in [-0.2, 0) is 9.53 Å². The lowest BCUT2D eigenvalue weighted by molar-refractivity contribution is -0.147. The molecule has 1 amide bonds. The minimum atomic E-state index is -0.295. The molecule has 22 heavy (non-hydrogen) atoms. The Labute approximate surface area is 132 Å². The van der Waals surface area contributed by atoms with E-state index in [4.69, 9.17) is 4.74 Å². The van der Waals surface area contributed by atoms with Crippen LogP contribution < -0.4 is 0 Å². The van der Waals surface area contributed by atoms with Gasteiger partial charge in [-0.2, -0.15) is 0 Å². The van der Waals surface area contributed by atoms with E-state index in [2.05, 4.69) is 0 Å². The number of hydrogen-bond donors (Lipinski definition) is 0. The fraction of sp³-hybridized carbons (Fsp3) is 0.556. The van der Waals surface area contributed by atoms with Gasteiger partial charge < -0.3 is 9.64 Å². The zero-order valence-electron chi connectivity index (χ0n) is 13.9. The molecule has 0 aliphatic heterocycles. The summed E-state index contributed by atoms with van der Waals surface area (Å²) >= 11 is 0. The third-order valence-corrected chi connectivity index (χ3v) is 4.16. The van der Waals surface area contributed by atoms with Crippen molar-refractivity contribution in [3.05, 3.63) is 34.9 Å². The molecule has 0 spiro atoms. The van der Waals surface area contributed by atoms with Crippen LogP contribution in [0.5, 0.6) is 0 Å². The van der Waals surface area contributed by atoms with Crippen molar-refractivity contribution in [2.24, 2.45) is 5.92 Å². The molecule has 4 heteroatoms. The maximum atomic E-state index is 12.8. The van der Waals surface area contributed by atoms with Crippen molar-refractivity contribution >= 4 is 11.9 Å². The van der Waals surface area contributed by atoms with Gasteiger partial charge in [0, 0.05) is 18.2 Å². The summed E-state index contributed by atoms with van der Waals surface area (Å²) in [5.41, 5.74) is 2.99. The smallest absolute Gasteiger partial charge is 0.310 e. The Hall–Kier alpha value is -1.84. The number of esters is 1. The predicted molar refractivity (Wildman–Crippen MR) is 85.8 cm³/mol. The molecule has 1 saturated carbocycles. The second-order valence-electron chi connectivity index (χ2n) is 6.14. The Kier molecular flexibility index (Phi) is 5.22. The largest absolute Gasteiger partial charge is 0.466 e. The number of carbonyl (C=O) groups is 2. The SMILES string of the molecule is CCOC(=O)C(C)CN(C(=O)c1ccc(C)c(C)c1)C1CC1. The van der Waals surface area contributed by atoms with Gasteiger partial charge in [0.25, 0.3) is 5.91 Å². The number of benzene rings is 1. The van der Waals surface area contributed by atoms with Gasteiger partial charge in [0.2, 0.25) is 0 Å². The summed E-state index contributed by atoms with van der Waals surface area (Å²) in [6.45, 7) is 8.46. The van der Waals surface area contributed by atoms with Crippen LogP contribution in [0.1, 0.15) is 48.2 Å². The van der Waals surface area contributed by atoms with E-state index in [1.165, 1.54) is 5.56 Å². The van der Waals surface area contributed by atoms with E-state index >= 15 is 0 Å². The van der Waals surface area contributed by atoms with Crippen molar-refractivity contribution < 1.29 is 14.3 Å². The van der Waals surface area contributed by atoms with Crippen LogP contribution >= 0.6 is 0 Å². The van der Waals surface area contributed by atoms with E-state index in [0.29, 0.717) is 18.7 Å². The molecule has 0 heterocycles. The summed E-state index contributed by atoms with van der Waals surface area (Å²) in [4.78, 5) is 26.4. The van der Waals surface area contributed by atoms with Gasteiger partial charge >= 0.3 is 5.97 Å². The summed E-state index contributed by atoms with van der Waals surface area (Å²) in [6, 6.07) is 6.05. The maximum Gasteiger partial charge on any atom is 0.310 e. The summed E-state index contributed by atoms with van der Waals surface area (Å²) in [7, 11) is 0. The number of amides is 1. The quantitative estimate of drug-likeness (QED) is 0.759. The van der Waals surface area contributed by atoms with E-state index in [-0.39, 0.29) is 23.8 Å². The van der Waals surface area contributed by atoms with E-state index in [1.54, 1.807) is 6.92 Å². The number of ether oxygens (including phenoxy) is 1. The number of rotatable bonds is 6. The molecule has 0 saturated heterocycles. The highest BCUT2D eigenvalue weighted by Gasteiger charge is 2.35. The van der Waals surface area contributed by atoms with Crippen molar-refractivity contribution in [3.63, 3.8) is 0 Å². The normalized spacial score (nSPS) is 15.3. The molecule has 0 bridgehead atoms. The molecule has 120 valence electrons. The van der Waals surface area contributed by atoms with E-state index < -0.39 is 0 Å². The molecule has 0 N–H and O–H groups in total. The van der Waals surface area contributed by atoms with Crippen LogP contribution in [-0.4, -0.2) is 36.0 Å². The first-order chi connectivity index (χ1) is 10.4. The Morgan fingerprint density at radius 1 is 1.27 bits per heavy atom. The maximum absolute atomic E-state index is 12.8. The third kappa shape index (κ3) is 3.87. The van der Waals surface area contributed by atoms with Crippen molar-refractivity contribution in [2.75, 3.05) is 13.2 Å². The lowest BCUT2D eigenvalue weighted by atomic mass is 10.0. The molecule has 0 radical (unpaired) electrons. The molecular weight excluding hydrogens is 278 g/mol. The van der Waals surface area contributed by atoms with Gasteiger partial charge in [-0.1, -0.05) is 13.0 Å². The molecule has 1 aromatic rings. The lowest BCUT2D eigenvalue weighted by Gasteiger charge is -2.25. The van der Waals surface area contributed by atoms with Crippen molar-refractivity contribution in [1.29, 1.82) is 0 Å². The lowest BCUT2D eigenvalue weighted by Crippen LogP contribution is -2.39. The highest BCUT2D eigenvalue weighted by Crippen LogP contribution is 2.29. The summed E-state index contributed by atoms with van der Waals surface area (Å²) in [5.74, 6) is -0.515. The zero-order chi connectivity index (χ0) is 16.3. The van der Waals surface area contributed by atoms with E-state index in [1.807, 2.05) is 43.9 Å². The van der Waals surface area contributed by atoms with Crippen molar-refractivity contribution in [3.8, 4) is 0 Å². The molecule has 1 fully saturated rings. The Morgan fingerprint density at radius 3 is 2.50 bits per heavy atom. The van der Waals surface area contributed by atoms with Crippen LogP contribution in [0.2, 0.25) is 0 Å². The third-order valence-electron chi connectivity index (χ3n) is 4.16. The molecule has 1 aromatic carbocycles. The Balaban J connectivity index is 2.12. The van der Waals surface area contributed by atoms with Gasteiger partial charge in [0.1, 0.15) is 0 Å². The van der Waals surface area contributed by atoms with Crippen LogP contribution in [0.3, 0.4) is 0 Å². The predicted octanol–water partition coefficient (Wildman–Crippen LogP) is 3.11. The minimum absolute atomic E-state index is 0.0155. The first-order valence-electron chi connectivity index (χ1n) is 7.98. The van der Waals surface area contributed by atoms with Crippen molar-refractivity contribution in [1.82, 2.24) is 4.90 Å². The van der Waals surface area contributed by atoms with Gasteiger partial charge in [0.15, 0.2) is 0 Å². The highest BCUT2D eigenvalue weighted by atomic mass is 16.5. The molecule has 4 nitrogen and oxygen atoms in total. The van der Waals surface area contributed by atoms with Crippen LogP contribution in [0.15, 0.2) is 18.2 Å². The number of carbonyl (C=O) groups excluding carboxylic acids is 2. The molecule has 1 aliphatic carbocycles. The minimum Gasteiger partial charge on any atom is -0.466 e. The van der Waals surface area contributed by atoms with Gasteiger partial charge in [-0.3, -0.25) is 9.59 Å². The number of nitrogens with zero attached hydrogens (tertiary/aromatic N) is 1. The summed E-state index contributed by atoms with van der Waals surface area (Å²) < 4.78 is 5.05. The number of aryl methyl sites for hydroxylation is 2. The van der Waals surface area contributed by atoms with Gasteiger partial charge in [-0.05, 0) is 56.9 Å². The molecule has 0 aromatic heterocycles. The average Bonchev–Trinajstić information content (AvgIpc) is 3.31. The first kappa shape index (κ1) is 16.5. The van der Waals surface area contributed by atoms with Crippen LogP contribution in [0.25, 0.3) is 0 Å². The standard InChI is InChI=1S/C18H25NO3/c1-5-22-18(21)14(4)11-19(16-8-9-16)17(20)15-7-6-12(2)13(3)10-15/h6-7,10,14,16H,5,8-9,11H2,1-4H3. The van der Waals surface area contributed by atoms with Gasteiger partial charge in [-0.25, -0.2) is 0 Å². The Bertz CT molecular complexity index is 563. The Morgan fingerprint density at radius 2 is 1.95 bits per heavy atom. The van der Waals surface area contributed by atoms with E-state index in [9.17, 15) is 9.59 Å². The van der Waals surface area contributed by atoms with Gasteiger partial charge in [0.05, 0.1) is 12.5 Å². The summed E-state index contributed by atoms with van der Waals surface area (Å²) in [6.07, 6.45) is 2.04. The first-order valence-corrected chi connectivity index (χ1v) is 7.98. The highest BCUT2D eigenvalue weighted by molar-refractivity contribution is 5.95. The van der Waals surface area contributed by atoms with Crippen LogP contribution in [0, 0.1) is 19.8 Å².